The second kappa shape index (κ2) is 8.41. The number of halogens is 1. The van der Waals surface area contributed by atoms with E-state index < -0.39 is 16.0 Å². The molecule has 0 amide bonds. The number of hydrogen-bond donors (Lipinski definition) is 1. The number of carbonyl (C=O) groups excluding carboxylic acids is 1. The van der Waals surface area contributed by atoms with E-state index in [1.807, 2.05) is 6.92 Å². The van der Waals surface area contributed by atoms with Crippen LogP contribution < -0.4 is 5.73 Å². The van der Waals surface area contributed by atoms with Crippen LogP contribution in [0.3, 0.4) is 0 Å². The molecule has 0 saturated heterocycles. The van der Waals surface area contributed by atoms with Gasteiger partial charge in [-0.25, -0.2) is 13.2 Å². The van der Waals surface area contributed by atoms with Gasteiger partial charge in [0.1, 0.15) is 0 Å². The highest BCUT2D eigenvalue weighted by molar-refractivity contribution is 7.89. The monoisotopic (exact) mass is 432 g/mol. The standard InChI is InChI=1S/C21H21ClN2O4S/c1-14-3-9-17(10-4-14)29(26,27)24-12-11-18(15-5-7-16(22)8-6-15)20(19(23)13-24)21(25)28-2/h3-11H,12-13,23H2,1-2H3. The molecule has 1 aliphatic heterocycles. The van der Waals surface area contributed by atoms with Crippen LogP contribution >= 0.6 is 11.6 Å². The molecule has 2 aromatic rings. The minimum atomic E-state index is -3.80. The van der Waals surface area contributed by atoms with Gasteiger partial charge in [0.05, 0.1) is 24.1 Å². The fourth-order valence-corrected chi connectivity index (χ4v) is 4.56. The lowest BCUT2D eigenvalue weighted by Crippen LogP contribution is -2.34. The summed E-state index contributed by atoms with van der Waals surface area (Å²) in [4.78, 5) is 12.6. The van der Waals surface area contributed by atoms with E-state index in [9.17, 15) is 13.2 Å². The normalized spacial score (nSPS) is 15.6. The molecular weight excluding hydrogens is 412 g/mol. The van der Waals surface area contributed by atoms with Crippen LogP contribution in [-0.4, -0.2) is 38.9 Å². The van der Waals surface area contributed by atoms with Gasteiger partial charge in [-0.05, 0) is 42.3 Å². The number of sulfonamides is 1. The van der Waals surface area contributed by atoms with Crippen molar-refractivity contribution in [2.24, 2.45) is 5.73 Å². The Kier molecular flexibility index (Phi) is 6.12. The van der Waals surface area contributed by atoms with E-state index >= 15 is 0 Å². The fraction of sp³-hybridized carbons (Fsp3) is 0.190. The largest absolute Gasteiger partial charge is 0.465 e. The van der Waals surface area contributed by atoms with E-state index in [0.717, 1.165) is 5.56 Å². The number of nitrogens with two attached hydrogens (primary N) is 1. The summed E-state index contributed by atoms with van der Waals surface area (Å²) in [7, 11) is -2.54. The van der Waals surface area contributed by atoms with E-state index in [1.165, 1.54) is 11.4 Å². The van der Waals surface area contributed by atoms with Crippen LogP contribution in [0.2, 0.25) is 5.02 Å². The molecule has 1 aliphatic rings. The van der Waals surface area contributed by atoms with Crippen LogP contribution in [0.4, 0.5) is 0 Å². The number of nitrogens with zero attached hydrogens (tertiary/aromatic N) is 1. The van der Waals surface area contributed by atoms with Crippen molar-refractivity contribution in [3.8, 4) is 0 Å². The molecule has 2 aromatic carbocycles. The van der Waals surface area contributed by atoms with Crippen molar-refractivity contribution >= 4 is 33.2 Å². The van der Waals surface area contributed by atoms with Gasteiger partial charge in [-0.2, -0.15) is 4.31 Å². The van der Waals surface area contributed by atoms with Crippen LogP contribution in [-0.2, 0) is 19.6 Å². The Morgan fingerprint density at radius 1 is 1.10 bits per heavy atom. The Hall–Kier alpha value is -2.61. The van der Waals surface area contributed by atoms with Crippen molar-refractivity contribution in [3.63, 3.8) is 0 Å². The first kappa shape index (κ1) is 21.1. The highest BCUT2D eigenvalue weighted by Crippen LogP contribution is 2.30. The first-order valence-corrected chi connectivity index (χ1v) is 10.7. The van der Waals surface area contributed by atoms with Crippen molar-refractivity contribution in [2.45, 2.75) is 11.8 Å². The van der Waals surface area contributed by atoms with E-state index in [0.29, 0.717) is 16.2 Å². The summed E-state index contributed by atoms with van der Waals surface area (Å²) >= 11 is 5.96. The molecule has 0 aromatic heterocycles. The van der Waals surface area contributed by atoms with Gasteiger partial charge in [-0.1, -0.05) is 47.5 Å². The van der Waals surface area contributed by atoms with E-state index in [-0.39, 0.29) is 29.3 Å². The quantitative estimate of drug-likeness (QED) is 0.749. The molecule has 8 heteroatoms. The Morgan fingerprint density at radius 2 is 1.72 bits per heavy atom. The molecule has 6 nitrogen and oxygen atoms in total. The zero-order valence-corrected chi connectivity index (χ0v) is 17.6. The molecule has 0 spiro atoms. The Labute approximate surface area is 175 Å². The van der Waals surface area contributed by atoms with Crippen LogP contribution in [0, 0.1) is 6.92 Å². The first-order chi connectivity index (χ1) is 13.7. The fourth-order valence-electron chi connectivity index (χ4n) is 3.08. The maximum Gasteiger partial charge on any atom is 0.340 e. The summed E-state index contributed by atoms with van der Waals surface area (Å²) in [5, 5.41) is 0.545. The number of esters is 1. The summed E-state index contributed by atoms with van der Waals surface area (Å²) < 4.78 is 32.4. The average Bonchev–Trinajstić information content (AvgIpc) is 2.87. The van der Waals surface area contributed by atoms with Gasteiger partial charge in [0.15, 0.2) is 0 Å². The van der Waals surface area contributed by atoms with Crippen molar-refractivity contribution in [1.29, 1.82) is 0 Å². The van der Waals surface area contributed by atoms with Crippen molar-refractivity contribution in [3.05, 3.63) is 82.0 Å². The molecule has 0 radical (unpaired) electrons. The average molecular weight is 433 g/mol. The number of methoxy groups -OCH3 is 1. The minimum absolute atomic E-state index is 0.0510. The highest BCUT2D eigenvalue weighted by Gasteiger charge is 2.30. The molecule has 0 saturated carbocycles. The number of hydrogen-bond acceptors (Lipinski definition) is 5. The summed E-state index contributed by atoms with van der Waals surface area (Å²) in [5.74, 6) is -0.627. The molecular formula is C21H21ClN2O4S. The van der Waals surface area contributed by atoms with Gasteiger partial charge in [0.25, 0.3) is 0 Å². The summed E-state index contributed by atoms with van der Waals surface area (Å²) in [6.07, 6.45) is 1.67. The van der Waals surface area contributed by atoms with Crippen molar-refractivity contribution in [1.82, 2.24) is 4.31 Å². The number of rotatable bonds is 4. The summed E-state index contributed by atoms with van der Waals surface area (Å²) in [6.45, 7) is 1.80. The molecule has 29 heavy (non-hydrogen) atoms. The van der Waals surface area contributed by atoms with E-state index in [1.54, 1.807) is 54.6 Å². The summed E-state index contributed by atoms with van der Waals surface area (Å²) in [5.41, 5.74) is 8.62. The highest BCUT2D eigenvalue weighted by atomic mass is 35.5. The molecule has 3 rings (SSSR count). The second-order valence-electron chi connectivity index (χ2n) is 6.63. The van der Waals surface area contributed by atoms with Gasteiger partial charge >= 0.3 is 5.97 Å². The lowest BCUT2D eigenvalue weighted by atomic mass is 9.96. The summed E-state index contributed by atoms with van der Waals surface area (Å²) in [6, 6.07) is 13.4. The molecule has 0 unspecified atom stereocenters. The van der Waals surface area contributed by atoms with Gasteiger partial charge in [-0.3, -0.25) is 0 Å². The Morgan fingerprint density at radius 3 is 2.31 bits per heavy atom. The zero-order valence-electron chi connectivity index (χ0n) is 16.1. The topological polar surface area (TPSA) is 89.7 Å². The number of carbonyl (C=O) groups is 1. The van der Waals surface area contributed by atoms with Gasteiger partial charge in [-0.15, -0.1) is 0 Å². The molecule has 2 N–H and O–H groups in total. The third-order valence-corrected chi connectivity index (χ3v) is 6.72. The van der Waals surface area contributed by atoms with Crippen LogP contribution in [0.1, 0.15) is 11.1 Å². The molecule has 0 aliphatic carbocycles. The van der Waals surface area contributed by atoms with E-state index in [2.05, 4.69) is 0 Å². The van der Waals surface area contributed by atoms with Crippen LogP contribution in [0.5, 0.6) is 0 Å². The van der Waals surface area contributed by atoms with Gasteiger partial charge < -0.3 is 10.5 Å². The second-order valence-corrected chi connectivity index (χ2v) is 9.00. The van der Waals surface area contributed by atoms with E-state index in [4.69, 9.17) is 22.1 Å². The smallest absolute Gasteiger partial charge is 0.340 e. The Bertz CT molecular complexity index is 1090. The Balaban J connectivity index is 2.08. The molecule has 0 bridgehead atoms. The lowest BCUT2D eigenvalue weighted by molar-refractivity contribution is -0.135. The maximum atomic E-state index is 13.1. The third kappa shape index (κ3) is 4.37. The van der Waals surface area contributed by atoms with Crippen molar-refractivity contribution in [2.75, 3.05) is 20.2 Å². The minimum Gasteiger partial charge on any atom is -0.465 e. The van der Waals surface area contributed by atoms with Gasteiger partial charge in [0.2, 0.25) is 10.0 Å². The SMILES string of the molecule is COC(=O)C1=C(N)CN(S(=O)(=O)c2ccc(C)cc2)CC=C1c1ccc(Cl)cc1. The number of aryl methyl sites for hydroxylation is 1. The van der Waals surface area contributed by atoms with Crippen LogP contribution in [0.25, 0.3) is 5.57 Å². The predicted molar refractivity (Wildman–Crippen MR) is 113 cm³/mol. The molecule has 0 atom stereocenters. The lowest BCUT2D eigenvalue weighted by Gasteiger charge is -2.20. The number of benzene rings is 2. The molecule has 152 valence electrons. The van der Waals surface area contributed by atoms with Crippen LogP contribution in [0.15, 0.2) is 70.8 Å². The zero-order chi connectivity index (χ0) is 21.2. The predicted octanol–water partition coefficient (Wildman–Crippen LogP) is 3.12. The van der Waals surface area contributed by atoms with Crippen molar-refractivity contribution < 1.29 is 17.9 Å². The van der Waals surface area contributed by atoms with Gasteiger partial charge in [0, 0.05) is 17.3 Å². The number of ether oxygens (including phenoxy) is 1. The molecule has 0 fully saturated rings. The third-order valence-electron chi connectivity index (χ3n) is 4.64. The first-order valence-electron chi connectivity index (χ1n) is 8.84. The molecule has 1 heterocycles. The maximum absolute atomic E-state index is 13.1.